The van der Waals surface area contributed by atoms with Gasteiger partial charge in [-0.15, -0.1) is 0 Å². The number of benzene rings is 2. The topological polar surface area (TPSA) is 135 Å². The second kappa shape index (κ2) is 21.2. The largest absolute Gasteiger partial charge is 0.460 e. The van der Waals surface area contributed by atoms with Crippen molar-refractivity contribution in [3.05, 3.63) is 95.1 Å². The molecule has 0 atom stereocenters. The molecule has 0 spiro atoms. The number of hydrogen-bond donors (Lipinski definition) is 2. The van der Waals surface area contributed by atoms with Crippen LogP contribution in [0.15, 0.2) is 72.6 Å². The number of pyridine rings is 1. The number of allylic oxidation sites excluding steroid dienone is 1. The van der Waals surface area contributed by atoms with Crippen molar-refractivity contribution in [1.29, 1.82) is 0 Å². The van der Waals surface area contributed by atoms with E-state index in [2.05, 4.69) is 20.5 Å². The number of esters is 1. The molecule has 1 aromatic heterocycles. The number of nitrogens with zero attached hydrogens (tertiary/aromatic N) is 4. The molecule has 2 amide bonds. The highest BCUT2D eigenvalue weighted by molar-refractivity contribution is 6.09. The second-order valence-electron chi connectivity index (χ2n) is 15.2. The summed E-state index contributed by atoms with van der Waals surface area (Å²) in [6.45, 7) is 10.5. The van der Waals surface area contributed by atoms with Gasteiger partial charge in [0.15, 0.2) is 0 Å². The zero-order valence-corrected chi connectivity index (χ0v) is 34.1. The van der Waals surface area contributed by atoms with Crippen LogP contribution in [0.4, 0.5) is 30.2 Å². The summed E-state index contributed by atoms with van der Waals surface area (Å²) in [4.78, 5) is 47.9. The van der Waals surface area contributed by atoms with Crippen LogP contribution >= 0.6 is 0 Å². The maximum absolute atomic E-state index is 13.9. The lowest BCUT2D eigenvalue weighted by atomic mass is 10.1. The maximum Gasteiger partial charge on any atom is 0.416 e. The number of aromatic nitrogens is 1. The molecule has 5 rings (SSSR count). The molecule has 318 valence electrons. The molecular formula is C43H54F3N6O7+. The first-order valence-corrected chi connectivity index (χ1v) is 19.8. The van der Waals surface area contributed by atoms with E-state index in [4.69, 9.17) is 18.9 Å². The van der Waals surface area contributed by atoms with Crippen molar-refractivity contribution >= 4 is 41.1 Å². The van der Waals surface area contributed by atoms with Gasteiger partial charge < -0.3 is 29.2 Å². The Morgan fingerprint density at radius 1 is 0.831 bits per heavy atom. The van der Waals surface area contributed by atoms with E-state index in [1.807, 2.05) is 44.9 Å². The molecule has 1 fully saturated rings. The summed E-state index contributed by atoms with van der Waals surface area (Å²) in [6.07, 6.45) is 1.99. The lowest BCUT2D eigenvalue weighted by Gasteiger charge is -2.29. The van der Waals surface area contributed by atoms with Gasteiger partial charge >= 0.3 is 18.1 Å². The van der Waals surface area contributed by atoms with Crippen LogP contribution in [-0.2, 0) is 36.5 Å². The number of nitrogens with one attached hydrogen (secondary N) is 2. The average Bonchev–Trinajstić information content (AvgIpc) is 3.18. The first-order valence-electron chi connectivity index (χ1n) is 19.8. The van der Waals surface area contributed by atoms with Gasteiger partial charge in [-0.25, -0.2) is 15.1 Å². The first-order chi connectivity index (χ1) is 28.2. The molecule has 2 aromatic carbocycles. The molecule has 59 heavy (non-hydrogen) atoms. The van der Waals surface area contributed by atoms with Gasteiger partial charge in [0.2, 0.25) is 0 Å². The fourth-order valence-electron chi connectivity index (χ4n) is 6.29. The molecule has 2 aliphatic rings. The van der Waals surface area contributed by atoms with E-state index in [1.54, 1.807) is 36.6 Å². The number of piperidine rings is 1. The van der Waals surface area contributed by atoms with Crippen LogP contribution in [0.3, 0.4) is 0 Å². The van der Waals surface area contributed by atoms with E-state index < -0.39 is 29.2 Å². The minimum absolute atomic E-state index is 0.164. The molecule has 0 radical (unpaired) electrons. The van der Waals surface area contributed by atoms with Crippen LogP contribution in [0.1, 0.15) is 78.6 Å². The van der Waals surface area contributed by atoms with E-state index in [0.29, 0.717) is 57.6 Å². The Bertz CT molecular complexity index is 1980. The molecule has 2 N–H and O–H groups in total. The Labute approximate surface area is 343 Å². The number of anilines is 2. The predicted octanol–water partition coefficient (Wildman–Crippen LogP) is 6.56. The number of alkyl halides is 3. The smallest absolute Gasteiger partial charge is 0.416 e. The summed E-state index contributed by atoms with van der Waals surface area (Å²) < 4.78 is 63.6. The molecule has 0 bridgehead atoms. The fraction of sp³-hybridized carbons (Fsp3) is 0.465. The van der Waals surface area contributed by atoms with Gasteiger partial charge in [0.05, 0.1) is 74.6 Å². The summed E-state index contributed by atoms with van der Waals surface area (Å²) in [5.41, 5.74) is 1.05. The summed E-state index contributed by atoms with van der Waals surface area (Å²) in [5.74, 6) is -1.04. The van der Waals surface area contributed by atoms with E-state index >= 15 is 0 Å². The summed E-state index contributed by atoms with van der Waals surface area (Å²) in [5, 5.41) is 5.67. The zero-order chi connectivity index (χ0) is 42.4. The fourth-order valence-corrected chi connectivity index (χ4v) is 6.29. The number of ether oxygens (including phenoxy) is 4. The summed E-state index contributed by atoms with van der Waals surface area (Å²) in [6, 6.07) is 15.3. The Morgan fingerprint density at radius 3 is 2.20 bits per heavy atom. The van der Waals surface area contributed by atoms with Gasteiger partial charge in [-0.05, 0) is 95.6 Å². The van der Waals surface area contributed by atoms with Gasteiger partial charge in [-0.1, -0.05) is 12.1 Å². The first kappa shape index (κ1) is 44.9. The lowest BCUT2D eigenvalue weighted by Crippen LogP contribution is -2.34. The third-order valence-corrected chi connectivity index (χ3v) is 9.25. The van der Waals surface area contributed by atoms with Crippen molar-refractivity contribution in [1.82, 2.24) is 15.2 Å². The van der Waals surface area contributed by atoms with Gasteiger partial charge in [0.25, 0.3) is 11.7 Å². The van der Waals surface area contributed by atoms with Crippen LogP contribution in [0.2, 0.25) is 0 Å². The van der Waals surface area contributed by atoms with Gasteiger partial charge in [0.1, 0.15) is 23.2 Å². The average molecular weight is 824 g/mol. The number of hydrogen-bond acceptors (Lipinski definition) is 10. The highest BCUT2D eigenvalue weighted by atomic mass is 19.4. The summed E-state index contributed by atoms with van der Waals surface area (Å²) in [7, 11) is 1.92. The lowest BCUT2D eigenvalue weighted by molar-refractivity contribution is -0.395. The normalized spacial score (nSPS) is 14.3. The minimum Gasteiger partial charge on any atom is -0.460 e. The van der Waals surface area contributed by atoms with Crippen molar-refractivity contribution in [2.75, 3.05) is 76.5 Å². The van der Waals surface area contributed by atoms with Crippen LogP contribution in [0, 0.1) is 0 Å². The van der Waals surface area contributed by atoms with Crippen LogP contribution in [0.25, 0.3) is 0 Å². The summed E-state index contributed by atoms with van der Waals surface area (Å²) >= 11 is 0. The third kappa shape index (κ3) is 14.3. The number of amides is 2. The van der Waals surface area contributed by atoms with Crippen LogP contribution in [-0.4, -0.2) is 110 Å². The number of carbonyl (C=O) groups is 3. The monoisotopic (exact) mass is 823 g/mol. The Balaban J connectivity index is 1.11. The number of halogens is 3. The molecule has 13 nitrogen and oxygen atoms in total. The Hall–Kier alpha value is -5.16. The highest BCUT2D eigenvalue weighted by Crippen LogP contribution is 2.33. The van der Waals surface area contributed by atoms with Crippen molar-refractivity contribution in [2.45, 2.75) is 64.8 Å². The molecule has 0 aliphatic carbocycles. The zero-order valence-electron chi connectivity index (χ0n) is 34.1. The number of likely N-dealkylation sites (N-methyl/N-ethyl adjacent to an activating group) is 1. The Morgan fingerprint density at radius 2 is 1.53 bits per heavy atom. The molecule has 3 aromatic rings. The van der Waals surface area contributed by atoms with Crippen LogP contribution < -0.4 is 15.5 Å². The van der Waals surface area contributed by atoms with Crippen molar-refractivity contribution < 1.29 is 51.1 Å². The highest BCUT2D eigenvalue weighted by Gasteiger charge is 2.33. The van der Waals surface area contributed by atoms with Gasteiger partial charge in [-0.3, -0.25) is 14.5 Å². The maximum atomic E-state index is 13.9. The molecule has 0 unspecified atom stereocenters. The van der Waals surface area contributed by atoms with Crippen molar-refractivity contribution in [2.24, 2.45) is 0 Å². The van der Waals surface area contributed by atoms with E-state index in [9.17, 15) is 27.6 Å². The standard InChI is InChI=1S/C43H53F3N6O7/c1-42(2,3)59-39(53)17-22-56-24-26-58-27-25-57-23-21-50(4)30-32-11-9-13-37(47-32)41(55)48-36-15-14-33(51-18-6-5-7-19-51)29-35(36)40(54)49-38-16-20-52(38)34-12-8-10-31(28-34)43(44,45)46/h8-16,20,28-29H,5-7,17-19,21-27,30H2,1-4H3,(H,48,54,55)/p+1. The van der Waals surface area contributed by atoms with Gasteiger partial charge in [0, 0.05) is 31.9 Å². The predicted molar refractivity (Wildman–Crippen MR) is 217 cm³/mol. The molecule has 2 aliphatic heterocycles. The van der Waals surface area contributed by atoms with E-state index in [0.717, 1.165) is 50.2 Å². The van der Waals surface area contributed by atoms with E-state index in [1.165, 1.54) is 16.7 Å². The van der Waals surface area contributed by atoms with Crippen molar-refractivity contribution in [3.8, 4) is 0 Å². The molecule has 16 heteroatoms. The van der Waals surface area contributed by atoms with E-state index in [-0.39, 0.29) is 41.6 Å². The molecule has 1 saturated heterocycles. The SMILES string of the molecule is CN(CCOCCOCCOCCC(=O)OC(C)(C)C)Cc1cccc(C(=O)Nc2ccc(N3CCCCC3)cc2C(=O)NC2=CC=[N+]2c2cccc(C(F)(F)F)c2)n1. The number of rotatable bonds is 20. The van der Waals surface area contributed by atoms with Crippen LogP contribution in [0.5, 0.6) is 0 Å². The quantitative estimate of drug-likeness (QED) is 0.0734. The second-order valence-corrected chi connectivity index (χ2v) is 15.2. The van der Waals surface area contributed by atoms with Crippen molar-refractivity contribution in [3.63, 3.8) is 0 Å². The minimum atomic E-state index is -4.52. The number of carbonyl (C=O) groups excluding carboxylic acids is 3. The molecule has 0 saturated carbocycles. The molecular weight excluding hydrogens is 770 g/mol. The van der Waals surface area contributed by atoms with Gasteiger partial charge in [-0.2, -0.15) is 17.7 Å². The molecule has 3 heterocycles. The third-order valence-electron chi connectivity index (χ3n) is 9.25. The Kier molecular flexibility index (Phi) is 16.1.